The van der Waals surface area contributed by atoms with Gasteiger partial charge in [0.15, 0.2) is 0 Å². The third-order valence-electron chi connectivity index (χ3n) is 5.15. The number of esters is 1. The number of hydrogen-bond acceptors (Lipinski definition) is 4. The highest BCUT2D eigenvalue weighted by atomic mass is 16.5. The van der Waals surface area contributed by atoms with Crippen LogP contribution in [0.25, 0.3) is 0 Å². The van der Waals surface area contributed by atoms with Gasteiger partial charge in [-0.2, -0.15) is 0 Å². The molecular formula is C18H19NO4. The first-order chi connectivity index (χ1) is 11.0. The van der Waals surface area contributed by atoms with Gasteiger partial charge in [0, 0.05) is 6.54 Å². The maximum absolute atomic E-state index is 12.9. The summed E-state index contributed by atoms with van der Waals surface area (Å²) in [5, 5.41) is 0. The lowest BCUT2D eigenvalue weighted by Crippen LogP contribution is -2.39. The summed E-state index contributed by atoms with van der Waals surface area (Å²) in [5.74, 6) is -1.37. The van der Waals surface area contributed by atoms with Gasteiger partial charge < -0.3 is 14.4 Å². The van der Waals surface area contributed by atoms with Crippen molar-refractivity contribution in [2.24, 2.45) is 11.8 Å². The number of amides is 1. The fourth-order valence-corrected chi connectivity index (χ4v) is 4.03. The highest BCUT2D eigenvalue weighted by Gasteiger charge is 2.67. The molecular weight excluding hydrogens is 294 g/mol. The zero-order chi connectivity index (χ0) is 16.2. The smallest absolute Gasteiger partial charge is 0.312 e. The average Bonchev–Trinajstić information content (AvgIpc) is 3.18. The van der Waals surface area contributed by atoms with Crippen molar-refractivity contribution in [3.8, 4) is 0 Å². The summed E-state index contributed by atoms with van der Waals surface area (Å²) in [4.78, 5) is 26.8. The monoisotopic (exact) mass is 313 g/mol. The summed E-state index contributed by atoms with van der Waals surface area (Å²) in [6.07, 6.45) is 3.51. The Kier molecular flexibility index (Phi) is 3.10. The van der Waals surface area contributed by atoms with E-state index < -0.39 is 17.4 Å². The molecule has 4 rings (SSSR count). The fraction of sp³-hybridized carbons (Fsp3) is 0.444. The Bertz CT molecular complexity index is 695. The van der Waals surface area contributed by atoms with Crippen molar-refractivity contribution >= 4 is 11.9 Å². The number of ether oxygens (including phenoxy) is 2. The third-order valence-corrected chi connectivity index (χ3v) is 5.15. The van der Waals surface area contributed by atoms with E-state index >= 15 is 0 Å². The van der Waals surface area contributed by atoms with Gasteiger partial charge in [0.2, 0.25) is 5.91 Å². The van der Waals surface area contributed by atoms with Crippen LogP contribution in [0.4, 0.5) is 0 Å². The van der Waals surface area contributed by atoms with Crippen LogP contribution in [0.15, 0.2) is 36.4 Å². The molecule has 4 atom stereocenters. The van der Waals surface area contributed by atoms with Crippen LogP contribution in [-0.4, -0.2) is 42.1 Å². The van der Waals surface area contributed by atoms with Gasteiger partial charge in [-0.15, -0.1) is 0 Å². The Morgan fingerprint density at radius 3 is 2.83 bits per heavy atom. The first-order valence-corrected chi connectivity index (χ1v) is 7.83. The van der Waals surface area contributed by atoms with Crippen molar-refractivity contribution in [2.45, 2.75) is 25.2 Å². The molecule has 2 saturated heterocycles. The van der Waals surface area contributed by atoms with Crippen LogP contribution in [0.1, 0.15) is 11.1 Å². The second kappa shape index (κ2) is 4.93. The molecule has 5 heteroatoms. The number of hydrogen-bond donors (Lipinski definition) is 0. The standard InChI is InChI=1S/C18H19NO4/c1-11-3-5-12(6-4-11)9-19-10-18-8-7-13(23-18)14(17(21)22-2)15(18)16(19)20/h3-8,13-15H,9-10H2,1-2H3/t13-,14+,15+,18-/m1/s1. The number of aryl methyl sites for hydroxylation is 1. The summed E-state index contributed by atoms with van der Waals surface area (Å²) < 4.78 is 10.9. The van der Waals surface area contributed by atoms with Crippen LogP contribution in [0.2, 0.25) is 0 Å². The van der Waals surface area contributed by atoms with Crippen molar-refractivity contribution in [1.29, 1.82) is 0 Å². The second-order valence-electron chi connectivity index (χ2n) is 6.60. The van der Waals surface area contributed by atoms with E-state index in [1.54, 1.807) is 4.90 Å². The van der Waals surface area contributed by atoms with Gasteiger partial charge in [-0.05, 0) is 12.5 Å². The quantitative estimate of drug-likeness (QED) is 0.626. The molecule has 5 nitrogen and oxygen atoms in total. The molecule has 1 amide bonds. The Balaban J connectivity index is 1.60. The number of fused-ring (bicyclic) bond motifs is 1. The Morgan fingerprint density at radius 2 is 2.13 bits per heavy atom. The zero-order valence-corrected chi connectivity index (χ0v) is 13.2. The topological polar surface area (TPSA) is 55.8 Å². The predicted octanol–water partition coefficient (Wildman–Crippen LogP) is 1.45. The van der Waals surface area contributed by atoms with Crippen molar-refractivity contribution in [1.82, 2.24) is 4.90 Å². The minimum absolute atomic E-state index is 0.0205. The van der Waals surface area contributed by atoms with Crippen LogP contribution in [0, 0.1) is 18.8 Å². The molecule has 3 heterocycles. The molecule has 23 heavy (non-hydrogen) atoms. The van der Waals surface area contributed by atoms with Gasteiger partial charge in [0.25, 0.3) is 0 Å². The van der Waals surface area contributed by atoms with Gasteiger partial charge >= 0.3 is 5.97 Å². The third kappa shape index (κ3) is 2.03. The first-order valence-electron chi connectivity index (χ1n) is 7.83. The lowest BCUT2D eigenvalue weighted by Gasteiger charge is -2.22. The SMILES string of the molecule is COC(=O)[C@@H]1[C@H]2C(=O)N(Cc3ccc(C)cc3)C[C@]23C=C[C@H]1O3. The van der Waals surface area contributed by atoms with Crippen LogP contribution in [0.5, 0.6) is 0 Å². The van der Waals surface area contributed by atoms with E-state index in [4.69, 9.17) is 9.47 Å². The van der Waals surface area contributed by atoms with Crippen LogP contribution in [-0.2, 0) is 25.6 Å². The largest absolute Gasteiger partial charge is 0.469 e. The number of carbonyl (C=O) groups is 2. The van der Waals surface area contributed by atoms with Crippen molar-refractivity contribution in [3.63, 3.8) is 0 Å². The van der Waals surface area contributed by atoms with Gasteiger partial charge in [0.1, 0.15) is 11.5 Å². The summed E-state index contributed by atoms with van der Waals surface area (Å²) in [7, 11) is 1.36. The van der Waals surface area contributed by atoms with E-state index in [9.17, 15) is 9.59 Å². The predicted molar refractivity (Wildman–Crippen MR) is 82.3 cm³/mol. The zero-order valence-electron chi connectivity index (χ0n) is 13.2. The molecule has 0 aliphatic carbocycles. The van der Waals surface area contributed by atoms with Gasteiger partial charge in [-0.1, -0.05) is 42.0 Å². The van der Waals surface area contributed by atoms with Crippen molar-refractivity contribution < 1.29 is 19.1 Å². The summed E-state index contributed by atoms with van der Waals surface area (Å²) in [6.45, 7) is 3.06. The van der Waals surface area contributed by atoms with Crippen molar-refractivity contribution in [2.75, 3.05) is 13.7 Å². The van der Waals surface area contributed by atoms with Crippen molar-refractivity contribution in [3.05, 3.63) is 47.5 Å². The minimum atomic E-state index is -0.661. The van der Waals surface area contributed by atoms with E-state index in [-0.39, 0.29) is 18.0 Å². The van der Waals surface area contributed by atoms with E-state index in [2.05, 4.69) is 0 Å². The van der Waals surface area contributed by atoms with Gasteiger partial charge in [0.05, 0.1) is 25.7 Å². The summed E-state index contributed by atoms with van der Waals surface area (Å²) in [6, 6.07) is 8.13. The molecule has 1 spiro atoms. The lowest BCUT2D eigenvalue weighted by atomic mass is 9.77. The average molecular weight is 313 g/mol. The normalized spacial score (nSPS) is 34.1. The summed E-state index contributed by atoms with van der Waals surface area (Å²) >= 11 is 0. The number of nitrogens with zero attached hydrogens (tertiary/aromatic N) is 1. The Hall–Kier alpha value is -2.14. The first kappa shape index (κ1) is 14.5. The molecule has 0 unspecified atom stereocenters. The maximum Gasteiger partial charge on any atom is 0.312 e. The second-order valence-corrected chi connectivity index (χ2v) is 6.60. The molecule has 2 bridgehead atoms. The van der Waals surface area contributed by atoms with Gasteiger partial charge in [-0.25, -0.2) is 0 Å². The van der Waals surface area contributed by atoms with E-state index in [0.717, 1.165) is 5.56 Å². The lowest BCUT2D eigenvalue weighted by molar-refractivity contribution is -0.151. The molecule has 0 aromatic heterocycles. The van der Waals surface area contributed by atoms with E-state index in [0.29, 0.717) is 13.1 Å². The molecule has 120 valence electrons. The number of benzene rings is 1. The highest BCUT2D eigenvalue weighted by Crippen LogP contribution is 2.52. The Morgan fingerprint density at radius 1 is 1.39 bits per heavy atom. The molecule has 3 aliphatic rings. The number of likely N-dealkylation sites (tertiary alicyclic amines) is 1. The molecule has 1 aromatic rings. The minimum Gasteiger partial charge on any atom is -0.469 e. The molecule has 2 fully saturated rings. The van der Waals surface area contributed by atoms with Gasteiger partial charge in [-0.3, -0.25) is 9.59 Å². The van der Waals surface area contributed by atoms with E-state index in [1.807, 2.05) is 43.3 Å². The number of carbonyl (C=O) groups excluding carboxylic acids is 2. The molecule has 1 aromatic carbocycles. The highest BCUT2D eigenvalue weighted by molar-refractivity contribution is 5.91. The Labute approximate surface area is 134 Å². The van der Waals surface area contributed by atoms with E-state index in [1.165, 1.54) is 12.7 Å². The summed E-state index contributed by atoms with van der Waals surface area (Å²) in [5.41, 5.74) is 1.60. The molecule has 0 saturated carbocycles. The maximum atomic E-state index is 12.9. The van der Waals surface area contributed by atoms with Crippen LogP contribution in [0.3, 0.4) is 0 Å². The number of methoxy groups -OCH3 is 1. The molecule has 3 aliphatic heterocycles. The molecule has 0 radical (unpaired) electrons. The van der Waals surface area contributed by atoms with Crippen LogP contribution < -0.4 is 0 Å². The number of rotatable bonds is 3. The fourth-order valence-electron chi connectivity index (χ4n) is 4.03. The molecule has 0 N–H and O–H groups in total. The van der Waals surface area contributed by atoms with Crippen LogP contribution >= 0.6 is 0 Å².